The Labute approximate surface area is 79.5 Å². The highest BCUT2D eigenvalue weighted by molar-refractivity contribution is 7.18. The van der Waals surface area contributed by atoms with Crippen molar-refractivity contribution < 1.29 is 9.53 Å². The highest BCUT2D eigenvalue weighted by Gasteiger charge is 2.14. The highest BCUT2D eigenvalue weighted by atomic mass is 32.1. The van der Waals surface area contributed by atoms with Gasteiger partial charge in [0.15, 0.2) is 5.06 Å². The lowest BCUT2D eigenvalue weighted by molar-refractivity contribution is -0.131. The first kappa shape index (κ1) is 9.55. The maximum atomic E-state index is 10.6. The molecule has 0 atom stereocenters. The molecule has 0 bridgehead atoms. The van der Waals surface area contributed by atoms with Crippen LogP contribution >= 0.6 is 11.3 Å². The predicted octanol–water partition coefficient (Wildman–Crippen LogP) is 1.44. The lowest BCUT2D eigenvalue weighted by Gasteiger charge is -1.96. The van der Waals surface area contributed by atoms with Crippen molar-refractivity contribution in [2.45, 2.75) is 13.8 Å². The van der Waals surface area contributed by atoms with Crippen LogP contribution in [-0.2, 0) is 4.79 Å². The summed E-state index contributed by atoms with van der Waals surface area (Å²) in [6, 6.07) is 1.95. The zero-order valence-electron chi connectivity index (χ0n) is 7.25. The van der Waals surface area contributed by atoms with Crippen LogP contribution in [0.2, 0.25) is 0 Å². The van der Waals surface area contributed by atoms with Crippen molar-refractivity contribution in [2.24, 2.45) is 0 Å². The molecule has 0 aliphatic carbocycles. The van der Waals surface area contributed by atoms with Gasteiger partial charge in [-0.25, -0.2) is 0 Å². The van der Waals surface area contributed by atoms with Crippen molar-refractivity contribution in [3.63, 3.8) is 0 Å². The van der Waals surface area contributed by atoms with E-state index in [0.29, 0.717) is 21.2 Å². The first-order chi connectivity index (χ1) is 6.06. The molecule has 1 heterocycles. The molecule has 5 heteroatoms. The minimum atomic E-state index is -0.408. The summed E-state index contributed by atoms with van der Waals surface area (Å²) in [5.74, 6) is -0.408. The third kappa shape index (κ3) is 1.79. The van der Waals surface area contributed by atoms with Gasteiger partial charge in [-0.1, -0.05) is 11.3 Å². The van der Waals surface area contributed by atoms with Gasteiger partial charge in [-0.15, -0.1) is 0 Å². The predicted molar refractivity (Wildman–Crippen MR) is 49.5 cm³/mol. The van der Waals surface area contributed by atoms with Crippen molar-refractivity contribution in [1.29, 1.82) is 5.26 Å². The second-order valence-electron chi connectivity index (χ2n) is 2.46. The Kier molecular flexibility index (Phi) is 2.54. The second kappa shape index (κ2) is 3.46. The van der Waals surface area contributed by atoms with Gasteiger partial charge in [-0.05, 0) is 6.92 Å². The largest absolute Gasteiger partial charge is 0.415 e. The Morgan fingerprint density at radius 1 is 1.69 bits per heavy atom. The molecular formula is C8H8N2O2S. The molecule has 0 fully saturated rings. The molecule has 2 N–H and O–H groups in total. The third-order valence-electron chi connectivity index (χ3n) is 1.48. The number of anilines is 1. The Bertz CT molecular complexity index is 390. The number of carbonyl (C=O) groups is 1. The molecule has 1 aromatic rings. The van der Waals surface area contributed by atoms with Gasteiger partial charge in [-0.2, -0.15) is 5.26 Å². The molecule has 68 valence electrons. The van der Waals surface area contributed by atoms with Crippen LogP contribution in [0.1, 0.15) is 18.1 Å². The Hall–Kier alpha value is -1.54. The van der Waals surface area contributed by atoms with Crippen molar-refractivity contribution in [3.05, 3.63) is 11.1 Å². The SMILES string of the molecule is CC(=O)Oc1sc(N)c(C#N)c1C. The maximum Gasteiger partial charge on any atom is 0.308 e. The number of hydrogen-bond acceptors (Lipinski definition) is 5. The molecule has 0 aliphatic rings. The molecule has 0 unspecified atom stereocenters. The lowest BCUT2D eigenvalue weighted by atomic mass is 10.2. The fourth-order valence-corrected chi connectivity index (χ4v) is 1.80. The van der Waals surface area contributed by atoms with Crippen LogP contribution in [0.5, 0.6) is 5.06 Å². The van der Waals surface area contributed by atoms with E-state index in [2.05, 4.69) is 0 Å². The van der Waals surface area contributed by atoms with Crippen molar-refractivity contribution in [3.8, 4) is 11.1 Å². The lowest BCUT2D eigenvalue weighted by Crippen LogP contribution is -2.00. The standard InChI is InChI=1S/C8H8N2O2S/c1-4-6(3-9)7(10)13-8(4)12-5(2)11/h10H2,1-2H3. The number of ether oxygens (including phenoxy) is 1. The molecule has 4 nitrogen and oxygen atoms in total. The average Bonchev–Trinajstić information content (AvgIpc) is 2.26. The molecular weight excluding hydrogens is 188 g/mol. The van der Waals surface area contributed by atoms with Crippen LogP contribution < -0.4 is 10.5 Å². The van der Waals surface area contributed by atoms with Crippen molar-refractivity contribution in [1.82, 2.24) is 0 Å². The van der Waals surface area contributed by atoms with Gasteiger partial charge in [0.25, 0.3) is 0 Å². The van der Waals surface area contributed by atoms with Crippen molar-refractivity contribution in [2.75, 3.05) is 5.73 Å². The van der Waals surface area contributed by atoms with E-state index < -0.39 is 5.97 Å². The fraction of sp³-hybridized carbons (Fsp3) is 0.250. The van der Waals surface area contributed by atoms with Gasteiger partial charge in [0.1, 0.15) is 11.1 Å². The number of nitrogens with zero attached hydrogens (tertiary/aromatic N) is 1. The van der Waals surface area contributed by atoms with Gasteiger partial charge >= 0.3 is 5.97 Å². The number of rotatable bonds is 1. The van der Waals surface area contributed by atoms with E-state index in [9.17, 15) is 4.79 Å². The zero-order valence-corrected chi connectivity index (χ0v) is 8.07. The summed E-state index contributed by atoms with van der Waals surface area (Å²) in [6.45, 7) is 3.01. The van der Waals surface area contributed by atoms with Gasteiger partial charge in [-0.3, -0.25) is 4.79 Å². The first-order valence-electron chi connectivity index (χ1n) is 3.53. The highest BCUT2D eigenvalue weighted by Crippen LogP contribution is 2.36. The Morgan fingerprint density at radius 2 is 2.31 bits per heavy atom. The summed E-state index contributed by atoms with van der Waals surface area (Å²) in [5.41, 5.74) is 6.55. The summed E-state index contributed by atoms with van der Waals surface area (Å²) < 4.78 is 4.86. The number of thiophene rings is 1. The average molecular weight is 196 g/mol. The normalized spacial score (nSPS) is 9.31. The van der Waals surface area contributed by atoms with E-state index in [1.54, 1.807) is 6.92 Å². The van der Waals surface area contributed by atoms with E-state index in [4.69, 9.17) is 15.7 Å². The van der Waals surface area contributed by atoms with Crippen LogP contribution in [0, 0.1) is 18.3 Å². The van der Waals surface area contributed by atoms with E-state index in [-0.39, 0.29) is 0 Å². The molecule has 13 heavy (non-hydrogen) atoms. The quantitative estimate of drug-likeness (QED) is 0.689. The molecule has 0 aliphatic heterocycles. The van der Waals surface area contributed by atoms with E-state index in [1.807, 2.05) is 6.07 Å². The van der Waals surface area contributed by atoms with Gasteiger partial charge in [0.05, 0.1) is 5.56 Å². The molecule has 0 aromatic carbocycles. The monoisotopic (exact) mass is 196 g/mol. The van der Waals surface area contributed by atoms with E-state index in [1.165, 1.54) is 6.92 Å². The summed E-state index contributed by atoms with van der Waals surface area (Å²) >= 11 is 1.11. The minimum Gasteiger partial charge on any atom is -0.415 e. The van der Waals surface area contributed by atoms with Gasteiger partial charge in [0, 0.05) is 12.5 Å². The molecule has 0 radical (unpaired) electrons. The fourth-order valence-electron chi connectivity index (χ4n) is 0.881. The molecule has 0 saturated carbocycles. The summed E-state index contributed by atoms with van der Waals surface area (Å²) in [7, 11) is 0. The summed E-state index contributed by atoms with van der Waals surface area (Å²) in [5, 5.41) is 9.47. The molecule has 0 spiro atoms. The number of esters is 1. The topological polar surface area (TPSA) is 76.1 Å². The molecule has 0 amide bonds. The second-order valence-corrected chi connectivity index (χ2v) is 3.47. The molecule has 0 saturated heterocycles. The Balaban J connectivity index is 3.12. The third-order valence-corrected chi connectivity index (χ3v) is 2.48. The number of hydrogen-bond donors (Lipinski definition) is 1. The molecule has 1 rings (SSSR count). The number of nitrogen functional groups attached to an aromatic ring is 1. The minimum absolute atomic E-state index is 0.385. The van der Waals surface area contributed by atoms with Crippen LogP contribution in [0.4, 0.5) is 5.00 Å². The smallest absolute Gasteiger partial charge is 0.308 e. The first-order valence-corrected chi connectivity index (χ1v) is 4.35. The summed E-state index contributed by atoms with van der Waals surface area (Å²) in [6.07, 6.45) is 0. The van der Waals surface area contributed by atoms with Crippen LogP contribution in [0.3, 0.4) is 0 Å². The van der Waals surface area contributed by atoms with Crippen LogP contribution in [0.25, 0.3) is 0 Å². The maximum absolute atomic E-state index is 10.6. The van der Waals surface area contributed by atoms with E-state index in [0.717, 1.165) is 11.3 Å². The number of carbonyl (C=O) groups excluding carboxylic acids is 1. The number of nitrogens with two attached hydrogens (primary N) is 1. The zero-order chi connectivity index (χ0) is 10.0. The van der Waals surface area contributed by atoms with Gasteiger partial charge in [0.2, 0.25) is 0 Å². The van der Waals surface area contributed by atoms with Crippen LogP contribution in [-0.4, -0.2) is 5.97 Å². The summed E-state index contributed by atoms with van der Waals surface area (Å²) in [4.78, 5) is 10.6. The van der Waals surface area contributed by atoms with Crippen LogP contribution in [0.15, 0.2) is 0 Å². The van der Waals surface area contributed by atoms with Crippen molar-refractivity contribution >= 4 is 22.3 Å². The Morgan fingerprint density at radius 3 is 2.69 bits per heavy atom. The number of nitriles is 1. The van der Waals surface area contributed by atoms with Gasteiger partial charge < -0.3 is 10.5 Å². The van der Waals surface area contributed by atoms with E-state index >= 15 is 0 Å². The molecule has 1 aromatic heterocycles.